The number of rotatable bonds is 8. The molecule has 4 rings (SSSR count). The number of aromatic amines is 1. The van der Waals surface area contributed by atoms with E-state index in [-0.39, 0.29) is 22.8 Å². The molecule has 1 atom stereocenters. The van der Waals surface area contributed by atoms with Crippen LogP contribution in [0.5, 0.6) is 5.75 Å². The molecule has 0 fully saturated rings. The second-order valence-corrected chi connectivity index (χ2v) is 8.16. The first-order valence-corrected chi connectivity index (χ1v) is 11.9. The number of halogens is 4. The fraction of sp³-hybridized carbons (Fsp3) is 0.148. The third kappa shape index (κ3) is 8.74. The van der Waals surface area contributed by atoms with Gasteiger partial charge in [0, 0.05) is 29.5 Å². The van der Waals surface area contributed by atoms with Gasteiger partial charge in [-0.2, -0.15) is 17.9 Å². The number of aliphatic hydroxyl groups is 1. The molecule has 4 aromatic rings. The molecule has 0 aliphatic carbocycles. The number of hydrogen-bond acceptors (Lipinski definition) is 8. The number of carbonyl (C=O) groups is 2. The Bertz CT molecular complexity index is 1620. The molecular formula is C27H26F4N6O6. The number of aliphatic carboxylic acids is 1. The van der Waals surface area contributed by atoms with Crippen LogP contribution < -0.4 is 21.5 Å². The average molecular weight is 607 g/mol. The number of nitrogens with two attached hydrogens (primary N) is 1. The number of amidine groups is 1. The lowest BCUT2D eigenvalue weighted by atomic mass is 10.0. The van der Waals surface area contributed by atoms with Crippen LogP contribution in [0.15, 0.2) is 71.5 Å². The van der Waals surface area contributed by atoms with Crippen LogP contribution in [-0.2, 0) is 4.79 Å². The first-order chi connectivity index (χ1) is 20.3. The van der Waals surface area contributed by atoms with E-state index in [1.165, 1.54) is 25.3 Å². The second-order valence-electron chi connectivity index (χ2n) is 8.16. The van der Waals surface area contributed by atoms with Crippen molar-refractivity contribution in [3.05, 3.63) is 106 Å². The van der Waals surface area contributed by atoms with Crippen LogP contribution in [0.3, 0.4) is 0 Å². The summed E-state index contributed by atoms with van der Waals surface area (Å²) in [5.41, 5.74) is 6.77. The summed E-state index contributed by atoms with van der Waals surface area (Å²) in [7, 11) is 2.47. The number of aliphatic hydroxyl groups excluding tert-OH is 1. The average Bonchev–Trinajstić information content (AvgIpc) is 3.38. The Morgan fingerprint density at radius 3 is 2.28 bits per heavy atom. The van der Waals surface area contributed by atoms with Crippen molar-refractivity contribution in [2.75, 3.05) is 19.5 Å². The molecular weight excluding hydrogens is 580 g/mol. The fourth-order valence-corrected chi connectivity index (χ4v) is 3.49. The zero-order chi connectivity index (χ0) is 32.3. The normalized spacial score (nSPS) is 11.1. The van der Waals surface area contributed by atoms with Crippen molar-refractivity contribution in [3.8, 4) is 11.4 Å². The van der Waals surface area contributed by atoms with Crippen LogP contribution in [0, 0.1) is 11.2 Å². The Kier molecular flexibility index (Phi) is 11.7. The number of carboxylic acid groups (broad SMARTS) is 1. The van der Waals surface area contributed by atoms with Crippen molar-refractivity contribution < 1.29 is 42.1 Å². The number of nitrogens with one attached hydrogen (secondary N) is 3. The van der Waals surface area contributed by atoms with Gasteiger partial charge < -0.3 is 26.0 Å². The lowest BCUT2D eigenvalue weighted by molar-refractivity contribution is -0.192. The largest absolute Gasteiger partial charge is 0.497 e. The van der Waals surface area contributed by atoms with Crippen molar-refractivity contribution in [1.29, 1.82) is 5.41 Å². The number of alkyl halides is 3. The van der Waals surface area contributed by atoms with Crippen molar-refractivity contribution >= 4 is 23.8 Å². The van der Waals surface area contributed by atoms with E-state index in [2.05, 4.69) is 15.4 Å². The number of anilines is 1. The van der Waals surface area contributed by atoms with E-state index in [1.807, 2.05) is 0 Å². The highest BCUT2D eigenvalue weighted by Gasteiger charge is 2.38. The smallest absolute Gasteiger partial charge is 0.490 e. The number of benzene rings is 3. The highest BCUT2D eigenvalue weighted by atomic mass is 19.4. The summed E-state index contributed by atoms with van der Waals surface area (Å²) in [4.78, 5) is 35.8. The number of carboxylic acids is 1. The molecule has 1 unspecified atom stereocenters. The number of H-pyrrole nitrogens is 1. The zero-order valence-corrected chi connectivity index (χ0v) is 22.5. The summed E-state index contributed by atoms with van der Waals surface area (Å²) in [6, 6.07) is 16.5. The van der Waals surface area contributed by atoms with Crippen LogP contribution in [0.4, 0.5) is 23.2 Å². The summed E-state index contributed by atoms with van der Waals surface area (Å²) >= 11 is 0. The van der Waals surface area contributed by atoms with E-state index in [0.29, 0.717) is 29.0 Å². The predicted octanol–water partition coefficient (Wildman–Crippen LogP) is 3.25. The van der Waals surface area contributed by atoms with Gasteiger partial charge in [0.2, 0.25) is 0 Å². The standard InChI is InChI=1S/C24H21FN6O3.C2HF3O2.CH4O/c1-34-17-10-11-19(25)18(12-17)21(28-16-8-6-14(7-9-16)22(26)27)23-29-24(33)31(30-23)20-5-3-2-4-15(20)13-32;3-2(4,5)1(6)7;1-2/h2-13,21,28H,1H3,(H3,26,27)(H,29,30,33);(H,6,7);2H,1H3. The summed E-state index contributed by atoms with van der Waals surface area (Å²) in [5, 5.41) is 29.2. The predicted molar refractivity (Wildman–Crippen MR) is 147 cm³/mol. The molecule has 0 aliphatic heterocycles. The summed E-state index contributed by atoms with van der Waals surface area (Å²) < 4.78 is 53.0. The summed E-state index contributed by atoms with van der Waals surface area (Å²) in [6.07, 6.45) is -4.45. The molecule has 0 bridgehead atoms. The lowest BCUT2D eigenvalue weighted by Gasteiger charge is -2.19. The fourth-order valence-electron chi connectivity index (χ4n) is 3.49. The molecule has 0 saturated carbocycles. The first-order valence-electron chi connectivity index (χ1n) is 11.9. The minimum atomic E-state index is -5.08. The van der Waals surface area contributed by atoms with Gasteiger partial charge in [-0.1, -0.05) is 12.1 Å². The molecule has 0 aliphatic rings. The SMILES string of the molecule is CO.COc1ccc(F)c(C(Nc2ccc(C(=N)N)cc2)c2nn(-c3ccccc3C=O)c(=O)[nH]2)c1.O=C(O)C(F)(F)F. The maximum atomic E-state index is 15.0. The molecule has 0 amide bonds. The maximum absolute atomic E-state index is 15.0. The van der Waals surface area contributed by atoms with Gasteiger partial charge in [0.15, 0.2) is 12.1 Å². The lowest BCUT2D eigenvalue weighted by Crippen LogP contribution is -2.21. The molecule has 228 valence electrons. The van der Waals surface area contributed by atoms with E-state index < -0.39 is 29.7 Å². The second kappa shape index (κ2) is 14.9. The number of nitrogen functional groups attached to an aromatic ring is 1. The summed E-state index contributed by atoms with van der Waals surface area (Å²) in [6.45, 7) is 0. The van der Waals surface area contributed by atoms with Gasteiger partial charge in [-0.3, -0.25) is 15.2 Å². The molecule has 43 heavy (non-hydrogen) atoms. The quantitative estimate of drug-likeness (QED) is 0.0755. The van der Waals surface area contributed by atoms with Gasteiger partial charge in [-0.15, -0.1) is 5.10 Å². The zero-order valence-electron chi connectivity index (χ0n) is 22.5. The van der Waals surface area contributed by atoms with Crippen LogP contribution in [0.25, 0.3) is 5.69 Å². The number of hydrogen-bond donors (Lipinski definition) is 6. The van der Waals surface area contributed by atoms with Gasteiger partial charge in [0.1, 0.15) is 23.4 Å². The molecule has 12 nitrogen and oxygen atoms in total. The maximum Gasteiger partial charge on any atom is 0.490 e. The van der Waals surface area contributed by atoms with E-state index in [4.69, 9.17) is 30.9 Å². The minimum Gasteiger partial charge on any atom is -0.497 e. The van der Waals surface area contributed by atoms with Crippen LogP contribution >= 0.6 is 0 Å². The Hall–Kier alpha value is -5.51. The number of aromatic nitrogens is 3. The number of methoxy groups -OCH3 is 1. The third-order valence-corrected chi connectivity index (χ3v) is 5.46. The molecule has 0 spiro atoms. The monoisotopic (exact) mass is 606 g/mol. The van der Waals surface area contributed by atoms with Crippen LogP contribution in [-0.4, -0.2) is 63.5 Å². The highest BCUT2D eigenvalue weighted by molar-refractivity contribution is 5.95. The van der Waals surface area contributed by atoms with Crippen LogP contribution in [0.2, 0.25) is 0 Å². The van der Waals surface area contributed by atoms with E-state index in [9.17, 15) is 27.2 Å². The van der Waals surface area contributed by atoms with Crippen molar-refractivity contribution in [2.45, 2.75) is 12.2 Å². The molecule has 3 aromatic carbocycles. The number of nitrogens with zero attached hydrogens (tertiary/aromatic N) is 2. The number of ether oxygens (including phenoxy) is 1. The molecule has 16 heteroatoms. The Morgan fingerprint density at radius 2 is 1.74 bits per heavy atom. The summed E-state index contributed by atoms with van der Waals surface area (Å²) in [5.74, 6) is -2.84. The van der Waals surface area contributed by atoms with Gasteiger partial charge >= 0.3 is 17.8 Å². The molecule has 0 radical (unpaired) electrons. The van der Waals surface area contributed by atoms with Crippen molar-refractivity contribution in [1.82, 2.24) is 14.8 Å². The van der Waals surface area contributed by atoms with Crippen molar-refractivity contribution in [3.63, 3.8) is 0 Å². The number of para-hydroxylation sites is 1. The Morgan fingerprint density at radius 1 is 1.14 bits per heavy atom. The minimum absolute atomic E-state index is 0.0844. The van der Waals surface area contributed by atoms with E-state index >= 15 is 0 Å². The third-order valence-electron chi connectivity index (χ3n) is 5.46. The molecule has 1 aromatic heterocycles. The van der Waals surface area contributed by atoms with Crippen molar-refractivity contribution in [2.24, 2.45) is 5.73 Å². The Balaban J connectivity index is 0.000000631. The number of aldehydes is 1. The van der Waals surface area contributed by atoms with E-state index in [0.717, 1.165) is 11.8 Å². The number of carbonyl (C=O) groups excluding carboxylic acids is 1. The van der Waals surface area contributed by atoms with Crippen LogP contribution in [0.1, 0.15) is 33.4 Å². The highest BCUT2D eigenvalue weighted by Crippen LogP contribution is 2.29. The van der Waals surface area contributed by atoms with E-state index in [1.54, 1.807) is 48.5 Å². The first kappa shape index (κ1) is 33.7. The molecule has 1 heterocycles. The van der Waals surface area contributed by atoms with Gasteiger partial charge in [-0.25, -0.2) is 14.0 Å². The topological polar surface area (TPSA) is 196 Å². The Labute approximate surface area is 240 Å². The molecule has 7 N–H and O–H groups in total. The molecule has 0 saturated heterocycles. The van der Waals surface area contributed by atoms with Gasteiger partial charge in [0.25, 0.3) is 0 Å². The van der Waals surface area contributed by atoms with Gasteiger partial charge in [0.05, 0.1) is 12.8 Å². The van der Waals surface area contributed by atoms with Gasteiger partial charge in [-0.05, 0) is 54.6 Å².